The molecule has 0 unspecified atom stereocenters. The number of rotatable bonds is 3. The molecule has 0 aromatic carbocycles. The first-order chi connectivity index (χ1) is 15.9. The number of nitrogens with one attached hydrogen (secondary N) is 1. The SMILES string of the molecule is CC1(O)CN(C(=O)c2cnc(N3CCc4[nH]cnc4[C@H]3c3cc4c(F)cccn4n3)cn2)C1. The van der Waals surface area contributed by atoms with Crippen LogP contribution in [0.5, 0.6) is 0 Å². The first-order valence-corrected chi connectivity index (χ1v) is 10.7. The van der Waals surface area contributed by atoms with Gasteiger partial charge in [-0.15, -0.1) is 0 Å². The van der Waals surface area contributed by atoms with Crippen LogP contribution in [0.3, 0.4) is 0 Å². The number of fused-ring (bicyclic) bond motifs is 2. The Labute approximate surface area is 187 Å². The minimum atomic E-state index is -0.848. The maximum absolute atomic E-state index is 14.3. The van der Waals surface area contributed by atoms with Crippen molar-refractivity contribution in [2.45, 2.75) is 25.0 Å². The van der Waals surface area contributed by atoms with Gasteiger partial charge in [-0.1, -0.05) is 0 Å². The van der Waals surface area contributed by atoms with Crippen LogP contribution < -0.4 is 4.90 Å². The first-order valence-electron chi connectivity index (χ1n) is 10.7. The molecule has 0 bridgehead atoms. The Morgan fingerprint density at radius 1 is 1.27 bits per heavy atom. The molecule has 10 nitrogen and oxygen atoms in total. The molecule has 4 aromatic rings. The van der Waals surface area contributed by atoms with Gasteiger partial charge < -0.3 is 19.9 Å². The van der Waals surface area contributed by atoms with Gasteiger partial charge in [0.15, 0.2) is 0 Å². The summed E-state index contributed by atoms with van der Waals surface area (Å²) in [6.45, 7) is 2.86. The Bertz CT molecular complexity index is 1350. The summed E-state index contributed by atoms with van der Waals surface area (Å²) in [4.78, 5) is 32.7. The standard InChI is InChI=1S/C22H21FN8O2/c1-22(33)10-29(11-22)21(32)16-8-25-18(9-24-16)30-6-4-14-19(27-12-26-14)20(30)15-7-17-13(23)3-2-5-31(17)28-15/h2-3,5,7-9,12,20,33H,4,6,10-11H2,1H3,(H,26,27)/t20-/m1/s1. The van der Waals surface area contributed by atoms with Crippen LogP contribution >= 0.6 is 0 Å². The molecule has 6 rings (SSSR count). The van der Waals surface area contributed by atoms with Gasteiger partial charge >= 0.3 is 0 Å². The van der Waals surface area contributed by atoms with E-state index >= 15 is 0 Å². The molecule has 33 heavy (non-hydrogen) atoms. The number of aromatic nitrogens is 6. The number of nitrogens with zero attached hydrogens (tertiary/aromatic N) is 7. The van der Waals surface area contributed by atoms with Crippen LogP contribution in [0, 0.1) is 5.82 Å². The van der Waals surface area contributed by atoms with Gasteiger partial charge in [0, 0.05) is 24.9 Å². The molecule has 1 amide bonds. The molecule has 1 atom stereocenters. The quantitative estimate of drug-likeness (QED) is 0.486. The number of halogens is 1. The molecule has 2 aliphatic heterocycles. The summed E-state index contributed by atoms with van der Waals surface area (Å²) >= 11 is 0. The first kappa shape index (κ1) is 19.8. The zero-order valence-electron chi connectivity index (χ0n) is 17.8. The number of likely N-dealkylation sites (tertiary alicyclic amines) is 1. The van der Waals surface area contributed by atoms with E-state index < -0.39 is 5.60 Å². The Balaban J connectivity index is 1.35. The van der Waals surface area contributed by atoms with Crippen molar-refractivity contribution in [2.24, 2.45) is 0 Å². The highest BCUT2D eigenvalue weighted by Gasteiger charge is 2.40. The number of aliphatic hydroxyl groups is 1. The van der Waals surface area contributed by atoms with E-state index in [0.717, 1.165) is 17.8 Å². The van der Waals surface area contributed by atoms with Crippen molar-refractivity contribution < 1.29 is 14.3 Å². The molecule has 0 aliphatic carbocycles. The smallest absolute Gasteiger partial charge is 0.274 e. The molecular formula is C22H21FN8O2. The average Bonchev–Trinajstić information content (AvgIpc) is 3.44. The monoisotopic (exact) mass is 448 g/mol. The summed E-state index contributed by atoms with van der Waals surface area (Å²) < 4.78 is 15.8. The lowest BCUT2D eigenvalue weighted by Crippen LogP contribution is -2.61. The molecule has 6 heterocycles. The molecule has 11 heteroatoms. The molecule has 0 radical (unpaired) electrons. The van der Waals surface area contributed by atoms with Gasteiger partial charge in [-0.25, -0.2) is 23.9 Å². The van der Waals surface area contributed by atoms with E-state index in [9.17, 15) is 14.3 Å². The Morgan fingerprint density at radius 2 is 2.12 bits per heavy atom. The van der Waals surface area contributed by atoms with Crippen LogP contribution in [0.25, 0.3) is 5.52 Å². The van der Waals surface area contributed by atoms with E-state index in [0.29, 0.717) is 23.6 Å². The van der Waals surface area contributed by atoms with E-state index in [-0.39, 0.29) is 36.5 Å². The number of anilines is 1. The van der Waals surface area contributed by atoms with Crippen LogP contribution in [-0.4, -0.2) is 70.7 Å². The predicted octanol–water partition coefficient (Wildman–Crippen LogP) is 1.35. The van der Waals surface area contributed by atoms with Gasteiger partial charge in [0.1, 0.15) is 28.9 Å². The Hall–Kier alpha value is -3.86. The van der Waals surface area contributed by atoms with Gasteiger partial charge in [0.25, 0.3) is 5.91 Å². The van der Waals surface area contributed by atoms with E-state index in [2.05, 4.69) is 25.0 Å². The van der Waals surface area contributed by atoms with Gasteiger partial charge in [0.05, 0.1) is 48.8 Å². The zero-order valence-corrected chi connectivity index (χ0v) is 17.8. The van der Waals surface area contributed by atoms with E-state index in [1.807, 2.05) is 4.90 Å². The second kappa shape index (κ2) is 7.07. The predicted molar refractivity (Wildman–Crippen MR) is 115 cm³/mol. The normalized spacial score (nSPS) is 19.4. The zero-order chi connectivity index (χ0) is 22.7. The third kappa shape index (κ3) is 3.23. The number of hydrogen-bond donors (Lipinski definition) is 2. The largest absolute Gasteiger partial charge is 0.386 e. The van der Waals surface area contributed by atoms with Crippen molar-refractivity contribution in [1.82, 2.24) is 34.4 Å². The third-order valence-electron chi connectivity index (χ3n) is 6.18. The fraction of sp³-hybridized carbons (Fsp3) is 0.318. The fourth-order valence-corrected chi connectivity index (χ4v) is 4.62. The number of β-amino-alcohol motifs (C(OH)–C–C–N with tert-alkyl or cyclic N) is 1. The van der Waals surface area contributed by atoms with Crippen molar-refractivity contribution in [3.63, 3.8) is 0 Å². The van der Waals surface area contributed by atoms with Crippen molar-refractivity contribution in [3.8, 4) is 0 Å². The van der Waals surface area contributed by atoms with Gasteiger partial charge in [-0.3, -0.25) is 4.79 Å². The maximum Gasteiger partial charge on any atom is 0.274 e. The fourth-order valence-electron chi connectivity index (χ4n) is 4.62. The second-order valence-electron chi connectivity index (χ2n) is 8.79. The molecule has 2 aliphatic rings. The highest BCUT2D eigenvalue weighted by atomic mass is 19.1. The molecule has 1 saturated heterocycles. The number of pyridine rings is 1. The summed E-state index contributed by atoms with van der Waals surface area (Å²) in [6, 6.07) is 4.34. The van der Waals surface area contributed by atoms with Crippen LogP contribution in [0.1, 0.15) is 40.5 Å². The average molecular weight is 448 g/mol. The van der Waals surface area contributed by atoms with Crippen molar-refractivity contribution in [2.75, 3.05) is 24.5 Å². The Morgan fingerprint density at radius 3 is 2.85 bits per heavy atom. The summed E-state index contributed by atoms with van der Waals surface area (Å²) in [7, 11) is 0. The van der Waals surface area contributed by atoms with Crippen molar-refractivity contribution in [1.29, 1.82) is 0 Å². The van der Waals surface area contributed by atoms with E-state index in [1.54, 1.807) is 37.8 Å². The third-order valence-corrected chi connectivity index (χ3v) is 6.18. The molecule has 0 saturated carbocycles. The number of imidazole rings is 1. The van der Waals surface area contributed by atoms with Crippen LogP contribution in [0.2, 0.25) is 0 Å². The molecule has 4 aromatic heterocycles. The van der Waals surface area contributed by atoms with E-state index in [4.69, 9.17) is 0 Å². The summed E-state index contributed by atoms with van der Waals surface area (Å²) in [5.74, 6) is -0.0481. The lowest BCUT2D eigenvalue weighted by Gasteiger charge is -2.43. The minimum Gasteiger partial charge on any atom is -0.386 e. The molecule has 0 spiro atoms. The van der Waals surface area contributed by atoms with Crippen LogP contribution in [-0.2, 0) is 6.42 Å². The highest BCUT2D eigenvalue weighted by Crippen LogP contribution is 2.36. The maximum atomic E-state index is 14.3. The van der Waals surface area contributed by atoms with E-state index in [1.165, 1.54) is 21.7 Å². The van der Waals surface area contributed by atoms with Gasteiger partial charge in [0.2, 0.25) is 0 Å². The minimum absolute atomic E-state index is 0.220. The van der Waals surface area contributed by atoms with Gasteiger partial charge in [-0.05, 0) is 25.1 Å². The number of carbonyl (C=O) groups is 1. The lowest BCUT2D eigenvalue weighted by atomic mass is 9.97. The molecular weight excluding hydrogens is 427 g/mol. The number of aromatic amines is 1. The molecule has 2 N–H and O–H groups in total. The topological polar surface area (TPSA) is 116 Å². The lowest BCUT2D eigenvalue weighted by molar-refractivity contribution is -0.0670. The number of H-pyrrole nitrogens is 1. The van der Waals surface area contributed by atoms with Crippen LogP contribution in [0.15, 0.2) is 43.1 Å². The number of amides is 1. The van der Waals surface area contributed by atoms with Gasteiger partial charge in [-0.2, -0.15) is 5.10 Å². The highest BCUT2D eigenvalue weighted by molar-refractivity contribution is 5.92. The van der Waals surface area contributed by atoms with Crippen molar-refractivity contribution in [3.05, 3.63) is 71.7 Å². The molecule has 168 valence electrons. The molecule has 1 fully saturated rings. The van der Waals surface area contributed by atoms with Crippen molar-refractivity contribution >= 4 is 17.2 Å². The Kier molecular flexibility index (Phi) is 4.24. The summed E-state index contributed by atoms with van der Waals surface area (Å²) in [5.41, 5.74) is 2.19. The number of hydrogen-bond acceptors (Lipinski definition) is 7. The summed E-state index contributed by atoms with van der Waals surface area (Å²) in [5, 5.41) is 14.5. The van der Waals surface area contributed by atoms with Crippen LogP contribution in [0.4, 0.5) is 10.2 Å². The second-order valence-corrected chi connectivity index (χ2v) is 8.79. The summed E-state index contributed by atoms with van der Waals surface area (Å²) in [6.07, 6.45) is 7.08. The number of carbonyl (C=O) groups excluding carboxylic acids is 1.